The Labute approximate surface area is 122 Å². The van der Waals surface area contributed by atoms with Gasteiger partial charge in [-0.2, -0.15) is 0 Å². The summed E-state index contributed by atoms with van der Waals surface area (Å²) < 4.78 is 2.50. The lowest BCUT2D eigenvalue weighted by Crippen LogP contribution is -1.95. The molecule has 0 amide bonds. The van der Waals surface area contributed by atoms with E-state index in [9.17, 15) is 4.79 Å². The molecule has 0 aromatic carbocycles. The van der Waals surface area contributed by atoms with E-state index in [2.05, 4.69) is 38.5 Å². The molecule has 0 aliphatic heterocycles. The van der Waals surface area contributed by atoms with E-state index in [0.717, 1.165) is 12.9 Å². The molecular weight excluding hydrogens is 430 g/mol. The molecule has 0 spiro atoms. The van der Waals surface area contributed by atoms with Crippen molar-refractivity contribution in [2.24, 2.45) is 0 Å². The number of halogens is 3. The van der Waals surface area contributed by atoms with Crippen molar-refractivity contribution in [3.63, 3.8) is 0 Å². The lowest BCUT2D eigenvalue weighted by molar-refractivity contribution is 0.104. The molecule has 1 nitrogen and oxygen atoms in total. The fourth-order valence-corrected chi connectivity index (χ4v) is 4.02. The first-order valence-electron chi connectivity index (χ1n) is 3.81. The van der Waals surface area contributed by atoms with Crippen LogP contribution in [-0.2, 0) is 0 Å². The maximum atomic E-state index is 12.0. The quantitative estimate of drug-likeness (QED) is 0.478. The van der Waals surface area contributed by atoms with Gasteiger partial charge in [0.15, 0.2) is 0 Å². The van der Waals surface area contributed by atoms with E-state index in [1.165, 1.54) is 11.3 Å². The molecular formula is C9H3BrClIOS2. The van der Waals surface area contributed by atoms with Crippen molar-refractivity contribution in [2.75, 3.05) is 0 Å². The van der Waals surface area contributed by atoms with Crippen LogP contribution in [0.15, 0.2) is 22.0 Å². The fraction of sp³-hybridized carbons (Fsp3) is 0. The minimum absolute atomic E-state index is 0.0340. The summed E-state index contributed by atoms with van der Waals surface area (Å²) in [6.07, 6.45) is 0. The Kier molecular flexibility index (Phi) is 3.88. The second-order valence-corrected chi connectivity index (χ2v) is 8.01. The summed E-state index contributed by atoms with van der Waals surface area (Å²) in [6.45, 7) is 0. The van der Waals surface area contributed by atoms with Gasteiger partial charge in [0.05, 0.1) is 7.76 Å². The van der Waals surface area contributed by atoms with Crippen molar-refractivity contribution in [1.29, 1.82) is 0 Å². The zero-order valence-electron chi connectivity index (χ0n) is 7.09. The standard InChI is InChI=1S/C9H3BrClIOS2/c10-5-2-6(15-9(5)11)8(13)4-1-7(12)14-3-4/h1-3H. The van der Waals surface area contributed by atoms with Crippen LogP contribution in [-0.4, -0.2) is 5.78 Å². The van der Waals surface area contributed by atoms with Crippen LogP contribution in [0.5, 0.6) is 0 Å². The maximum Gasteiger partial charge on any atom is 0.203 e. The van der Waals surface area contributed by atoms with Crippen LogP contribution in [0, 0.1) is 2.88 Å². The first kappa shape index (κ1) is 12.0. The van der Waals surface area contributed by atoms with Gasteiger partial charge in [0.1, 0.15) is 4.34 Å². The summed E-state index contributed by atoms with van der Waals surface area (Å²) in [5, 5.41) is 1.87. The molecule has 0 atom stereocenters. The summed E-state index contributed by atoms with van der Waals surface area (Å²) in [7, 11) is 0. The van der Waals surface area contributed by atoms with Crippen molar-refractivity contribution in [1.82, 2.24) is 0 Å². The molecule has 0 bridgehead atoms. The Morgan fingerprint density at radius 1 is 1.47 bits per heavy atom. The van der Waals surface area contributed by atoms with Gasteiger partial charge in [-0.3, -0.25) is 4.79 Å². The number of carbonyl (C=O) groups excluding carboxylic acids is 1. The highest BCUT2D eigenvalue weighted by Crippen LogP contribution is 2.33. The average molecular weight is 434 g/mol. The summed E-state index contributed by atoms with van der Waals surface area (Å²) >= 11 is 14.2. The van der Waals surface area contributed by atoms with Crippen molar-refractivity contribution in [3.8, 4) is 0 Å². The second-order valence-electron chi connectivity index (χ2n) is 2.70. The predicted molar refractivity (Wildman–Crippen MR) is 77.5 cm³/mol. The van der Waals surface area contributed by atoms with E-state index >= 15 is 0 Å². The second kappa shape index (κ2) is 4.83. The number of rotatable bonds is 2. The van der Waals surface area contributed by atoms with E-state index in [1.54, 1.807) is 17.4 Å². The fourth-order valence-electron chi connectivity index (χ4n) is 1.03. The molecule has 0 aliphatic carbocycles. The molecule has 0 aliphatic rings. The normalized spacial score (nSPS) is 10.6. The average Bonchev–Trinajstić information content (AvgIpc) is 2.74. The molecule has 15 heavy (non-hydrogen) atoms. The molecule has 0 radical (unpaired) electrons. The van der Waals surface area contributed by atoms with Gasteiger partial charge in [-0.25, -0.2) is 0 Å². The predicted octanol–water partition coefficient (Wildman–Crippen LogP) is 5.06. The lowest BCUT2D eigenvalue weighted by Gasteiger charge is -1.90. The van der Waals surface area contributed by atoms with E-state index in [0.29, 0.717) is 9.21 Å². The third-order valence-corrected chi connectivity index (χ3v) is 5.96. The largest absolute Gasteiger partial charge is 0.288 e. The molecule has 0 saturated carbocycles. The van der Waals surface area contributed by atoms with Gasteiger partial charge in [0.25, 0.3) is 0 Å². The molecule has 0 saturated heterocycles. The molecule has 2 heterocycles. The monoisotopic (exact) mass is 432 g/mol. The number of carbonyl (C=O) groups is 1. The Balaban J connectivity index is 2.36. The van der Waals surface area contributed by atoms with Crippen LogP contribution in [0.25, 0.3) is 0 Å². The highest BCUT2D eigenvalue weighted by molar-refractivity contribution is 14.1. The highest BCUT2D eigenvalue weighted by atomic mass is 127. The van der Waals surface area contributed by atoms with Crippen LogP contribution in [0.1, 0.15) is 15.2 Å². The third kappa shape index (κ3) is 2.63. The molecule has 0 N–H and O–H groups in total. The Morgan fingerprint density at radius 2 is 2.20 bits per heavy atom. The number of hydrogen-bond donors (Lipinski definition) is 0. The van der Waals surface area contributed by atoms with Gasteiger partial charge >= 0.3 is 0 Å². The van der Waals surface area contributed by atoms with Crippen LogP contribution in [0.4, 0.5) is 0 Å². The zero-order chi connectivity index (χ0) is 11.0. The summed E-state index contributed by atoms with van der Waals surface area (Å²) in [5.74, 6) is 0.0340. The first-order chi connectivity index (χ1) is 7.08. The highest BCUT2D eigenvalue weighted by Gasteiger charge is 2.15. The van der Waals surface area contributed by atoms with Gasteiger partial charge in [0.2, 0.25) is 5.78 Å². The molecule has 2 aromatic heterocycles. The minimum atomic E-state index is 0.0340. The van der Waals surface area contributed by atoms with Crippen molar-refractivity contribution < 1.29 is 4.79 Å². The SMILES string of the molecule is O=C(c1csc(I)c1)c1cc(Br)c(Cl)s1. The van der Waals surface area contributed by atoms with Gasteiger partial charge in [-0.15, -0.1) is 22.7 Å². The Morgan fingerprint density at radius 3 is 2.67 bits per heavy atom. The molecule has 6 heteroatoms. The molecule has 2 aromatic rings. The summed E-state index contributed by atoms with van der Waals surface area (Å²) in [4.78, 5) is 12.6. The molecule has 78 valence electrons. The van der Waals surface area contributed by atoms with Gasteiger partial charge in [-0.1, -0.05) is 11.6 Å². The van der Waals surface area contributed by atoms with E-state index in [-0.39, 0.29) is 5.78 Å². The van der Waals surface area contributed by atoms with Gasteiger partial charge in [-0.05, 0) is 50.7 Å². The van der Waals surface area contributed by atoms with Crippen LogP contribution in [0.2, 0.25) is 4.34 Å². The van der Waals surface area contributed by atoms with Gasteiger partial charge < -0.3 is 0 Å². The topological polar surface area (TPSA) is 17.1 Å². The van der Waals surface area contributed by atoms with E-state index in [1.807, 2.05) is 11.4 Å². The summed E-state index contributed by atoms with van der Waals surface area (Å²) in [6, 6.07) is 3.65. The number of thiophene rings is 2. The lowest BCUT2D eigenvalue weighted by atomic mass is 10.2. The van der Waals surface area contributed by atoms with Crippen LogP contribution >= 0.6 is 72.8 Å². The van der Waals surface area contributed by atoms with Crippen molar-refractivity contribution in [3.05, 3.63) is 39.6 Å². The van der Waals surface area contributed by atoms with Crippen molar-refractivity contribution in [2.45, 2.75) is 0 Å². The number of hydrogen-bond acceptors (Lipinski definition) is 3. The smallest absolute Gasteiger partial charge is 0.203 e. The van der Waals surface area contributed by atoms with E-state index < -0.39 is 0 Å². The number of ketones is 1. The molecule has 0 fully saturated rings. The van der Waals surface area contributed by atoms with Crippen LogP contribution in [0.3, 0.4) is 0 Å². The van der Waals surface area contributed by atoms with Gasteiger partial charge in [0, 0.05) is 15.4 Å². The van der Waals surface area contributed by atoms with E-state index in [4.69, 9.17) is 11.6 Å². The Hall–Kier alpha value is 0.570. The summed E-state index contributed by atoms with van der Waals surface area (Å²) in [5.41, 5.74) is 0.731. The first-order valence-corrected chi connectivity index (χ1v) is 7.76. The molecule has 2 rings (SSSR count). The zero-order valence-corrected chi connectivity index (χ0v) is 13.2. The minimum Gasteiger partial charge on any atom is -0.288 e. The third-order valence-electron chi connectivity index (χ3n) is 1.70. The maximum absolute atomic E-state index is 12.0. The van der Waals surface area contributed by atoms with Crippen molar-refractivity contribution >= 4 is 78.6 Å². The van der Waals surface area contributed by atoms with Crippen LogP contribution < -0.4 is 0 Å². The Bertz CT molecular complexity index is 500. The molecule has 0 unspecified atom stereocenters.